The van der Waals surface area contributed by atoms with Crippen LogP contribution in [0, 0.1) is 16.7 Å². The molecule has 0 spiro atoms. The first-order valence-corrected chi connectivity index (χ1v) is 6.18. The Morgan fingerprint density at radius 1 is 1.15 bits per heavy atom. The Morgan fingerprint density at radius 2 is 1.62 bits per heavy atom. The van der Waals surface area contributed by atoms with E-state index >= 15 is 0 Å². The molecule has 0 aliphatic carbocycles. The van der Waals surface area contributed by atoms with Crippen LogP contribution in [0.1, 0.15) is 57.2 Å². The molecule has 0 amide bonds. The van der Waals surface area contributed by atoms with Crippen LogP contribution < -0.4 is 0 Å². The molecular weight excluding hydrogens is 171 g/mol. The van der Waals surface area contributed by atoms with Crippen molar-refractivity contribution < 1.29 is 2.85 Å². The summed E-state index contributed by atoms with van der Waals surface area (Å²) in [6, 6.07) is 0. The summed E-state index contributed by atoms with van der Waals surface area (Å²) in [6.45, 7) is 14.1. The van der Waals surface area contributed by atoms with Gasteiger partial charge in [-0.15, -0.1) is 0 Å². The molecule has 0 saturated carbocycles. The van der Waals surface area contributed by atoms with Crippen molar-refractivity contribution in [3.8, 4) is 0 Å². The molecule has 0 saturated heterocycles. The average Bonchev–Trinajstić information content (AvgIpc) is 1.80. The third-order valence-corrected chi connectivity index (χ3v) is 3.12. The van der Waals surface area contributed by atoms with E-state index in [-0.39, 0.29) is 2.85 Å². The molecule has 0 N–H and O–H groups in total. The molecule has 1 unspecified atom stereocenters. The summed E-state index contributed by atoms with van der Waals surface area (Å²) in [5.41, 5.74) is 0.957. The minimum atomic E-state index is 0. The van der Waals surface area contributed by atoms with E-state index in [9.17, 15) is 0 Å². The van der Waals surface area contributed by atoms with E-state index in [4.69, 9.17) is 0 Å². The monoisotopic (exact) mass is 198 g/mol. The van der Waals surface area contributed by atoms with Crippen LogP contribution in [0.5, 0.6) is 0 Å². The van der Waals surface area contributed by atoms with E-state index in [0.29, 0.717) is 10.8 Å². The van der Waals surface area contributed by atoms with Gasteiger partial charge in [0.15, 0.2) is 0 Å². The van der Waals surface area contributed by atoms with E-state index in [2.05, 4.69) is 57.8 Å². The average molecular weight is 198 g/mol. The summed E-state index contributed by atoms with van der Waals surface area (Å²) in [4.78, 5) is 0. The standard InChI is InChI=1S/C12H25.Al.2H/c1-10(2)8-12(6,7)9-11(3,4)5;;;/h10H,1,8-9H2,2-7H3;;;/q;+2;2*-1. The predicted octanol–water partition coefficient (Wildman–Crippen LogP) is 4.29. The largest absolute Gasteiger partial charge is 1.00 e. The molecular formula is C12H27Al. The molecule has 0 aromatic heterocycles. The van der Waals surface area contributed by atoms with Crippen molar-refractivity contribution in [3.63, 3.8) is 0 Å². The molecule has 0 fully saturated rings. The maximum atomic E-state index is 2.85. The summed E-state index contributed by atoms with van der Waals surface area (Å²) in [7, 11) is 0. The molecule has 0 aliphatic heterocycles. The van der Waals surface area contributed by atoms with Crippen LogP contribution in [0.2, 0.25) is 5.28 Å². The van der Waals surface area contributed by atoms with Crippen LogP contribution >= 0.6 is 0 Å². The normalized spacial score (nSPS) is 16.0. The molecule has 0 aliphatic rings. The van der Waals surface area contributed by atoms with E-state index < -0.39 is 0 Å². The maximum absolute atomic E-state index is 2.85. The van der Waals surface area contributed by atoms with Crippen molar-refractivity contribution in [2.45, 2.75) is 59.7 Å². The zero-order valence-corrected chi connectivity index (χ0v) is 11.4. The van der Waals surface area contributed by atoms with E-state index in [1.54, 1.807) is 0 Å². The number of hydrogen-bond donors (Lipinski definition) is 0. The molecule has 0 nitrogen and oxygen atoms in total. The first kappa shape index (κ1) is 13.5. The fraction of sp³-hybridized carbons (Fsp3) is 1.00. The fourth-order valence-corrected chi connectivity index (χ4v) is 2.70. The molecule has 78 valence electrons. The Hall–Kier alpha value is 0.532. The molecule has 0 aromatic rings. The van der Waals surface area contributed by atoms with Crippen LogP contribution in [-0.2, 0) is 0 Å². The van der Waals surface area contributed by atoms with Crippen LogP contribution in [0.25, 0.3) is 0 Å². The number of hydrogen-bond acceptors (Lipinski definition) is 0. The Labute approximate surface area is 95.9 Å². The zero-order valence-electron chi connectivity index (χ0n) is 12.3. The fourth-order valence-electron chi connectivity index (χ4n) is 2.53. The van der Waals surface area contributed by atoms with Gasteiger partial charge in [0, 0.05) is 0 Å². The minimum absolute atomic E-state index is 0. The van der Waals surface area contributed by atoms with Gasteiger partial charge in [-0.3, -0.25) is 0 Å². The van der Waals surface area contributed by atoms with Gasteiger partial charge in [-0.2, -0.15) is 0 Å². The van der Waals surface area contributed by atoms with Crippen molar-refractivity contribution in [1.29, 1.82) is 0 Å². The SMILES string of the molecule is CC([CH2][Al+2])CC(C)(C)CC(C)(C)C.[H-].[H-]. The Balaban J connectivity index is -0.000000720. The van der Waals surface area contributed by atoms with Crippen molar-refractivity contribution in [3.05, 3.63) is 0 Å². The van der Waals surface area contributed by atoms with Gasteiger partial charge < -0.3 is 2.85 Å². The Bertz CT molecular complexity index is 150. The van der Waals surface area contributed by atoms with Crippen molar-refractivity contribution in [2.75, 3.05) is 0 Å². The first-order chi connectivity index (χ1) is 5.66. The third-order valence-electron chi connectivity index (χ3n) is 2.31. The van der Waals surface area contributed by atoms with Gasteiger partial charge in [0.1, 0.15) is 0 Å². The predicted molar refractivity (Wildman–Crippen MR) is 64.4 cm³/mol. The van der Waals surface area contributed by atoms with Gasteiger partial charge in [0.2, 0.25) is 0 Å². The Morgan fingerprint density at radius 3 is 1.92 bits per heavy atom. The third kappa shape index (κ3) is 7.59. The van der Waals surface area contributed by atoms with Crippen LogP contribution in [0.4, 0.5) is 0 Å². The topological polar surface area (TPSA) is 0 Å². The number of rotatable bonds is 4. The zero-order chi connectivity index (χ0) is 10.7. The van der Waals surface area contributed by atoms with Crippen LogP contribution in [0.15, 0.2) is 0 Å². The van der Waals surface area contributed by atoms with E-state index in [0.717, 1.165) is 5.92 Å². The Kier molecular flexibility index (Phi) is 5.05. The molecule has 0 rings (SSSR count). The summed E-state index contributed by atoms with van der Waals surface area (Å²) >= 11 is 2.85. The summed E-state index contributed by atoms with van der Waals surface area (Å²) < 4.78 is 0. The molecule has 0 aromatic carbocycles. The first-order valence-electron chi connectivity index (χ1n) is 5.36. The summed E-state index contributed by atoms with van der Waals surface area (Å²) in [5.74, 6) is 0.836. The molecule has 1 heteroatoms. The van der Waals surface area contributed by atoms with Gasteiger partial charge in [0.25, 0.3) is 0 Å². The molecule has 0 heterocycles. The van der Waals surface area contributed by atoms with Gasteiger partial charge in [-0.1, -0.05) is 0 Å². The van der Waals surface area contributed by atoms with Crippen molar-refractivity contribution in [2.24, 2.45) is 16.7 Å². The van der Waals surface area contributed by atoms with Gasteiger partial charge >= 0.3 is 92.7 Å². The second-order valence-corrected chi connectivity index (χ2v) is 6.92. The maximum Gasteiger partial charge on any atom is -1.00 e. The van der Waals surface area contributed by atoms with Gasteiger partial charge in [-0.25, -0.2) is 0 Å². The minimum Gasteiger partial charge on any atom is -1.00 e. The molecule has 0 radical (unpaired) electrons. The van der Waals surface area contributed by atoms with Crippen LogP contribution in [0.3, 0.4) is 0 Å². The second-order valence-electron chi connectivity index (χ2n) is 6.45. The quantitative estimate of drug-likeness (QED) is 0.591. The smallest absolute Gasteiger partial charge is 1.00 e. The molecule has 13 heavy (non-hydrogen) atoms. The van der Waals surface area contributed by atoms with Crippen LogP contribution in [-0.4, -0.2) is 16.3 Å². The molecule has 1 atom stereocenters. The van der Waals surface area contributed by atoms with Crippen molar-refractivity contribution in [1.82, 2.24) is 0 Å². The van der Waals surface area contributed by atoms with E-state index in [1.807, 2.05) is 0 Å². The second kappa shape index (κ2) is 4.85. The van der Waals surface area contributed by atoms with Gasteiger partial charge in [0.05, 0.1) is 0 Å². The van der Waals surface area contributed by atoms with E-state index in [1.165, 1.54) is 18.1 Å². The summed E-state index contributed by atoms with van der Waals surface area (Å²) in [5, 5.41) is 1.23. The molecule has 0 bridgehead atoms. The van der Waals surface area contributed by atoms with Gasteiger partial charge in [-0.05, 0) is 0 Å². The summed E-state index contributed by atoms with van der Waals surface area (Å²) in [6.07, 6.45) is 2.66. The van der Waals surface area contributed by atoms with Crippen molar-refractivity contribution >= 4 is 16.3 Å².